The van der Waals surface area contributed by atoms with Gasteiger partial charge in [0, 0.05) is 42.8 Å². The Kier molecular flexibility index (Phi) is 5.19. The Labute approximate surface area is 140 Å². The first-order chi connectivity index (χ1) is 11.0. The summed E-state index contributed by atoms with van der Waals surface area (Å²) in [6, 6.07) is 3.93. The van der Waals surface area contributed by atoms with Gasteiger partial charge in [-0.25, -0.2) is 0 Å². The molecule has 1 saturated carbocycles. The van der Waals surface area contributed by atoms with Crippen molar-refractivity contribution >= 4 is 11.6 Å². The number of hydrogen-bond acceptors (Lipinski definition) is 2. The molecule has 6 heteroatoms. The minimum absolute atomic E-state index is 0.232. The number of alkyl halides is 3. The van der Waals surface area contributed by atoms with E-state index in [0.717, 1.165) is 51.9 Å². The van der Waals surface area contributed by atoms with Crippen molar-refractivity contribution in [3.8, 4) is 0 Å². The third-order valence-corrected chi connectivity index (χ3v) is 5.38. The molecular formula is C17H22ClF3N2. The van der Waals surface area contributed by atoms with Crippen LogP contribution >= 0.6 is 11.6 Å². The van der Waals surface area contributed by atoms with Crippen molar-refractivity contribution < 1.29 is 13.2 Å². The summed E-state index contributed by atoms with van der Waals surface area (Å²) in [5, 5.41) is 3.52. The molecule has 1 saturated heterocycles. The molecule has 0 radical (unpaired) electrons. The fraction of sp³-hybridized carbons (Fsp3) is 0.647. The average Bonchev–Trinajstić information content (AvgIpc) is 3.03. The van der Waals surface area contributed by atoms with E-state index >= 15 is 0 Å². The standard InChI is InChI=1S/C17H22ClF3N2/c18-14-7-3-6-13(17(19,20)21)15(14)16(12-4-1-2-5-12)23-10-8-22-9-11-23/h3,6-7,12,16,22H,1-2,4-5,8-11H2/t16-/m0/s1. The highest BCUT2D eigenvalue weighted by Crippen LogP contribution is 2.46. The predicted molar refractivity (Wildman–Crippen MR) is 85.6 cm³/mol. The highest BCUT2D eigenvalue weighted by molar-refractivity contribution is 6.31. The van der Waals surface area contributed by atoms with Gasteiger partial charge in [0.1, 0.15) is 0 Å². The molecule has 3 rings (SSSR count). The highest BCUT2D eigenvalue weighted by atomic mass is 35.5. The summed E-state index contributed by atoms with van der Waals surface area (Å²) < 4.78 is 40.7. The van der Waals surface area contributed by atoms with E-state index in [9.17, 15) is 13.2 Å². The first kappa shape index (κ1) is 17.1. The second-order valence-corrected chi connectivity index (χ2v) is 6.88. The van der Waals surface area contributed by atoms with Crippen LogP contribution in [-0.2, 0) is 6.18 Å². The first-order valence-corrected chi connectivity index (χ1v) is 8.66. The molecule has 0 spiro atoms. The fourth-order valence-corrected chi connectivity index (χ4v) is 4.32. The lowest BCUT2D eigenvalue weighted by molar-refractivity contribution is -0.139. The molecule has 2 nitrogen and oxygen atoms in total. The molecule has 1 N–H and O–H groups in total. The van der Waals surface area contributed by atoms with Crippen molar-refractivity contribution in [2.24, 2.45) is 5.92 Å². The zero-order chi connectivity index (χ0) is 16.4. The van der Waals surface area contributed by atoms with Crippen LogP contribution in [-0.4, -0.2) is 31.1 Å². The molecule has 23 heavy (non-hydrogen) atoms. The van der Waals surface area contributed by atoms with Crippen molar-refractivity contribution in [1.29, 1.82) is 0 Å². The van der Waals surface area contributed by atoms with Crippen LogP contribution in [0.5, 0.6) is 0 Å². The number of halogens is 4. The Morgan fingerprint density at radius 3 is 2.39 bits per heavy atom. The number of benzene rings is 1. The molecule has 2 aliphatic rings. The molecule has 0 amide bonds. The summed E-state index contributed by atoms with van der Waals surface area (Å²) in [5.41, 5.74) is -0.282. The number of rotatable bonds is 3. The van der Waals surface area contributed by atoms with Crippen LogP contribution in [0.25, 0.3) is 0 Å². The van der Waals surface area contributed by atoms with E-state index in [1.54, 1.807) is 6.07 Å². The van der Waals surface area contributed by atoms with Gasteiger partial charge in [-0.3, -0.25) is 4.90 Å². The molecule has 1 aliphatic heterocycles. The molecule has 1 aromatic rings. The van der Waals surface area contributed by atoms with E-state index in [-0.39, 0.29) is 22.5 Å². The molecule has 1 atom stereocenters. The van der Waals surface area contributed by atoms with Gasteiger partial charge in [0.15, 0.2) is 0 Å². The molecule has 1 aliphatic carbocycles. The van der Waals surface area contributed by atoms with Gasteiger partial charge in [0.2, 0.25) is 0 Å². The summed E-state index contributed by atoms with van der Waals surface area (Å²) >= 11 is 6.29. The Bertz CT molecular complexity index is 535. The van der Waals surface area contributed by atoms with E-state index in [4.69, 9.17) is 11.6 Å². The zero-order valence-electron chi connectivity index (χ0n) is 13.0. The third-order valence-electron chi connectivity index (χ3n) is 5.05. The van der Waals surface area contributed by atoms with E-state index in [1.165, 1.54) is 12.1 Å². The maximum absolute atomic E-state index is 13.6. The Morgan fingerprint density at radius 2 is 1.78 bits per heavy atom. The third kappa shape index (κ3) is 3.67. The molecule has 0 aromatic heterocycles. The minimum atomic E-state index is -4.37. The number of nitrogens with zero attached hydrogens (tertiary/aromatic N) is 1. The number of piperazine rings is 1. The van der Waals surface area contributed by atoms with Gasteiger partial charge in [-0.15, -0.1) is 0 Å². The van der Waals surface area contributed by atoms with E-state index in [1.807, 2.05) is 0 Å². The van der Waals surface area contributed by atoms with E-state index in [2.05, 4.69) is 10.2 Å². The molecule has 0 bridgehead atoms. The van der Waals surface area contributed by atoms with E-state index in [0.29, 0.717) is 0 Å². The zero-order valence-corrected chi connectivity index (χ0v) is 13.8. The predicted octanol–water partition coefficient (Wildman–Crippen LogP) is 4.50. The minimum Gasteiger partial charge on any atom is -0.314 e. The van der Waals surface area contributed by atoms with E-state index < -0.39 is 11.7 Å². The van der Waals surface area contributed by atoms with Gasteiger partial charge >= 0.3 is 6.18 Å². The lowest BCUT2D eigenvalue weighted by Crippen LogP contribution is -2.47. The van der Waals surface area contributed by atoms with Crippen molar-refractivity contribution in [3.05, 3.63) is 34.3 Å². The largest absolute Gasteiger partial charge is 0.416 e. The van der Waals surface area contributed by atoms with Gasteiger partial charge in [-0.1, -0.05) is 30.5 Å². The lowest BCUT2D eigenvalue weighted by atomic mass is 9.86. The quantitative estimate of drug-likeness (QED) is 0.867. The van der Waals surface area contributed by atoms with Crippen molar-refractivity contribution in [2.45, 2.75) is 37.9 Å². The van der Waals surface area contributed by atoms with Crippen LogP contribution in [0, 0.1) is 5.92 Å². The summed E-state index contributed by atoms with van der Waals surface area (Å²) in [6.45, 7) is 3.16. The molecule has 128 valence electrons. The lowest BCUT2D eigenvalue weighted by Gasteiger charge is -2.40. The van der Waals surface area contributed by atoms with Crippen LogP contribution in [0.4, 0.5) is 13.2 Å². The summed E-state index contributed by atoms with van der Waals surface area (Å²) in [6.07, 6.45) is -0.211. The Hall–Kier alpha value is -0.780. The smallest absolute Gasteiger partial charge is 0.314 e. The van der Waals surface area contributed by atoms with Gasteiger partial charge in [-0.05, 0) is 30.9 Å². The molecule has 1 heterocycles. The number of nitrogens with one attached hydrogen (secondary N) is 1. The van der Waals surface area contributed by atoms with Gasteiger partial charge in [0.05, 0.1) is 5.56 Å². The first-order valence-electron chi connectivity index (χ1n) is 8.29. The molecule has 1 aromatic carbocycles. The number of hydrogen-bond donors (Lipinski definition) is 1. The molecule has 0 unspecified atom stereocenters. The second-order valence-electron chi connectivity index (χ2n) is 6.47. The van der Waals surface area contributed by atoms with Crippen molar-refractivity contribution in [3.63, 3.8) is 0 Å². The molecule has 2 fully saturated rings. The van der Waals surface area contributed by atoms with Crippen LogP contribution < -0.4 is 5.32 Å². The fourth-order valence-electron chi connectivity index (χ4n) is 4.03. The van der Waals surface area contributed by atoms with Crippen LogP contribution in [0.2, 0.25) is 5.02 Å². The van der Waals surface area contributed by atoms with Crippen LogP contribution in [0.1, 0.15) is 42.9 Å². The van der Waals surface area contributed by atoms with Crippen LogP contribution in [0.15, 0.2) is 18.2 Å². The Morgan fingerprint density at radius 1 is 1.13 bits per heavy atom. The maximum Gasteiger partial charge on any atom is 0.416 e. The average molecular weight is 347 g/mol. The summed E-state index contributed by atoms with van der Waals surface area (Å²) in [5.74, 6) is 0.258. The maximum atomic E-state index is 13.6. The SMILES string of the molecule is FC(F)(F)c1cccc(Cl)c1[C@H](C1CCCC1)N1CCNCC1. The van der Waals surface area contributed by atoms with Gasteiger partial charge in [-0.2, -0.15) is 13.2 Å². The highest BCUT2D eigenvalue weighted by Gasteiger charge is 2.41. The van der Waals surface area contributed by atoms with Crippen molar-refractivity contribution in [2.75, 3.05) is 26.2 Å². The van der Waals surface area contributed by atoms with Crippen molar-refractivity contribution in [1.82, 2.24) is 10.2 Å². The second kappa shape index (κ2) is 6.99. The van der Waals surface area contributed by atoms with Crippen LogP contribution in [0.3, 0.4) is 0 Å². The normalized spacial score (nSPS) is 22.4. The van der Waals surface area contributed by atoms with Gasteiger partial charge in [0.25, 0.3) is 0 Å². The summed E-state index contributed by atoms with van der Waals surface area (Å²) in [4.78, 5) is 2.20. The Balaban J connectivity index is 2.05. The summed E-state index contributed by atoms with van der Waals surface area (Å²) in [7, 11) is 0. The molecular weight excluding hydrogens is 325 g/mol. The monoisotopic (exact) mass is 346 g/mol. The van der Waals surface area contributed by atoms with Gasteiger partial charge < -0.3 is 5.32 Å². The topological polar surface area (TPSA) is 15.3 Å².